The topological polar surface area (TPSA) is 43.8 Å². The summed E-state index contributed by atoms with van der Waals surface area (Å²) in [6.45, 7) is 5.08. The van der Waals surface area contributed by atoms with Gasteiger partial charge in [0.15, 0.2) is 0 Å². The van der Waals surface area contributed by atoms with Gasteiger partial charge in [-0.1, -0.05) is 17.7 Å². The van der Waals surface area contributed by atoms with E-state index in [1.54, 1.807) is 0 Å². The van der Waals surface area contributed by atoms with Crippen LogP contribution in [0.5, 0.6) is 0 Å². The molecule has 0 radical (unpaired) electrons. The largest absolute Gasteiger partial charge is 0.396 e. The van der Waals surface area contributed by atoms with E-state index in [4.69, 9.17) is 5.11 Å². The van der Waals surface area contributed by atoms with E-state index < -0.39 is 0 Å². The molecule has 1 aromatic carbocycles. The third-order valence-corrected chi connectivity index (χ3v) is 4.82. The molecule has 114 valence electrons. The highest BCUT2D eigenvalue weighted by Gasteiger charge is 2.39. The SMILES string of the molecule is Cc1ccc(N2CC[C@@H](N3CC[C@@H](CCO)C3)C2=O)cc1. The zero-order valence-electron chi connectivity index (χ0n) is 12.7. The highest BCUT2D eigenvalue weighted by Crippen LogP contribution is 2.29. The number of carbonyl (C=O) groups is 1. The van der Waals surface area contributed by atoms with E-state index in [2.05, 4.69) is 24.0 Å². The molecule has 1 aromatic rings. The summed E-state index contributed by atoms with van der Waals surface area (Å²) in [4.78, 5) is 16.9. The van der Waals surface area contributed by atoms with Crippen LogP contribution in [0.2, 0.25) is 0 Å². The fourth-order valence-electron chi connectivity index (χ4n) is 3.55. The van der Waals surface area contributed by atoms with Crippen LogP contribution in [-0.4, -0.2) is 48.2 Å². The van der Waals surface area contributed by atoms with Crippen molar-refractivity contribution in [1.29, 1.82) is 0 Å². The first kappa shape index (κ1) is 14.5. The fraction of sp³-hybridized carbons (Fsp3) is 0.588. The van der Waals surface area contributed by atoms with Gasteiger partial charge in [0.2, 0.25) is 5.91 Å². The normalized spacial score (nSPS) is 26.8. The third kappa shape index (κ3) is 2.97. The number of rotatable bonds is 4. The molecule has 0 aliphatic carbocycles. The molecule has 2 saturated heterocycles. The van der Waals surface area contributed by atoms with Crippen LogP contribution in [0.25, 0.3) is 0 Å². The monoisotopic (exact) mass is 288 g/mol. The Balaban J connectivity index is 1.65. The van der Waals surface area contributed by atoms with E-state index in [1.165, 1.54) is 5.56 Å². The maximum absolute atomic E-state index is 12.7. The third-order valence-electron chi connectivity index (χ3n) is 4.82. The summed E-state index contributed by atoms with van der Waals surface area (Å²) in [5.74, 6) is 0.791. The molecule has 21 heavy (non-hydrogen) atoms. The molecule has 2 aliphatic heterocycles. The Morgan fingerprint density at radius 2 is 1.95 bits per heavy atom. The molecule has 0 aromatic heterocycles. The maximum atomic E-state index is 12.7. The second kappa shape index (κ2) is 6.16. The number of likely N-dealkylation sites (tertiary alicyclic amines) is 1. The lowest BCUT2D eigenvalue weighted by molar-refractivity contribution is -0.121. The summed E-state index contributed by atoms with van der Waals surface area (Å²) in [6, 6.07) is 8.23. The predicted octanol–water partition coefficient (Wildman–Crippen LogP) is 1.80. The average Bonchev–Trinajstić information content (AvgIpc) is 3.07. The number of anilines is 1. The van der Waals surface area contributed by atoms with E-state index in [0.29, 0.717) is 5.92 Å². The van der Waals surface area contributed by atoms with Crippen molar-refractivity contribution in [2.24, 2.45) is 5.92 Å². The number of aliphatic hydroxyl groups is 1. The van der Waals surface area contributed by atoms with Crippen molar-refractivity contribution >= 4 is 11.6 Å². The predicted molar refractivity (Wildman–Crippen MR) is 83.3 cm³/mol. The molecule has 1 N–H and O–H groups in total. The molecule has 4 nitrogen and oxygen atoms in total. The summed E-state index contributed by atoms with van der Waals surface area (Å²) in [5.41, 5.74) is 2.23. The van der Waals surface area contributed by atoms with Gasteiger partial charge >= 0.3 is 0 Å². The van der Waals surface area contributed by atoms with Crippen molar-refractivity contribution < 1.29 is 9.90 Å². The molecule has 2 aliphatic rings. The van der Waals surface area contributed by atoms with Gasteiger partial charge < -0.3 is 10.0 Å². The molecule has 1 amide bonds. The van der Waals surface area contributed by atoms with Crippen LogP contribution in [0.3, 0.4) is 0 Å². The lowest BCUT2D eigenvalue weighted by atomic mass is 10.1. The molecule has 0 saturated carbocycles. The second-order valence-corrected chi connectivity index (χ2v) is 6.29. The molecule has 2 atom stereocenters. The molecule has 0 unspecified atom stereocenters. The maximum Gasteiger partial charge on any atom is 0.244 e. The number of aliphatic hydroxyl groups excluding tert-OH is 1. The molecular weight excluding hydrogens is 264 g/mol. The highest BCUT2D eigenvalue weighted by atomic mass is 16.3. The quantitative estimate of drug-likeness (QED) is 0.919. The minimum atomic E-state index is 0.0370. The molecule has 2 fully saturated rings. The van der Waals surface area contributed by atoms with E-state index in [9.17, 15) is 4.79 Å². The Labute approximate surface area is 126 Å². The zero-order chi connectivity index (χ0) is 14.8. The number of carbonyl (C=O) groups excluding carboxylic acids is 1. The van der Waals surface area contributed by atoms with Gasteiger partial charge in [-0.25, -0.2) is 0 Å². The lowest BCUT2D eigenvalue weighted by Gasteiger charge is -2.23. The summed E-state index contributed by atoms with van der Waals surface area (Å²) in [7, 11) is 0. The molecule has 4 heteroatoms. The van der Waals surface area contributed by atoms with Crippen LogP contribution in [0.15, 0.2) is 24.3 Å². The number of amides is 1. The Bertz CT molecular complexity index is 500. The standard InChI is InChI=1S/C17H24N2O2/c1-13-2-4-15(5-3-13)19-10-7-16(17(19)21)18-9-6-14(12-18)8-11-20/h2-5,14,16,20H,6-12H2,1H3/t14-,16+/m0/s1. The number of hydrogen-bond acceptors (Lipinski definition) is 3. The summed E-state index contributed by atoms with van der Waals surface area (Å²) in [5, 5.41) is 9.05. The molecule has 3 rings (SSSR count). The van der Waals surface area contributed by atoms with Crippen LogP contribution in [0.1, 0.15) is 24.8 Å². The molecule has 0 bridgehead atoms. The highest BCUT2D eigenvalue weighted by molar-refractivity contribution is 5.99. The zero-order valence-corrected chi connectivity index (χ0v) is 12.7. The smallest absolute Gasteiger partial charge is 0.244 e. The number of aryl methyl sites for hydroxylation is 1. The van der Waals surface area contributed by atoms with Crippen LogP contribution in [-0.2, 0) is 4.79 Å². The van der Waals surface area contributed by atoms with E-state index in [-0.39, 0.29) is 18.6 Å². The van der Waals surface area contributed by atoms with E-state index in [1.807, 2.05) is 17.0 Å². The second-order valence-electron chi connectivity index (χ2n) is 6.29. The van der Waals surface area contributed by atoms with Crippen molar-refractivity contribution in [3.05, 3.63) is 29.8 Å². The molecular formula is C17H24N2O2. The van der Waals surface area contributed by atoms with Crippen LogP contribution in [0.4, 0.5) is 5.69 Å². The van der Waals surface area contributed by atoms with Gasteiger partial charge in [-0.05, 0) is 50.8 Å². The summed E-state index contributed by atoms with van der Waals surface area (Å²) >= 11 is 0. The van der Waals surface area contributed by atoms with E-state index in [0.717, 1.165) is 44.6 Å². The van der Waals surface area contributed by atoms with Crippen molar-refractivity contribution in [2.75, 3.05) is 31.1 Å². The number of benzene rings is 1. The number of hydrogen-bond donors (Lipinski definition) is 1. The van der Waals surface area contributed by atoms with Crippen LogP contribution < -0.4 is 4.90 Å². The minimum absolute atomic E-state index is 0.0370. The van der Waals surface area contributed by atoms with Crippen LogP contribution in [0, 0.1) is 12.8 Å². The van der Waals surface area contributed by atoms with Gasteiger partial charge in [-0.3, -0.25) is 9.69 Å². The molecule has 0 spiro atoms. The van der Waals surface area contributed by atoms with Crippen molar-refractivity contribution in [3.8, 4) is 0 Å². The fourth-order valence-corrected chi connectivity index (χ4v) is 3.55. The van der Waals surface area contributed by atoms with Gasteiger partial charge in [-0.15, -0.1) is 0 Å². The van der Waals surface area contributed by atoms with Crippen molar-refractivity contribution in [3.63, 3.8) is 0 Å². The molecule has 2 heterocycles. The first-order valence-electron chi connectivity index (χ1n) is 7.92. The first-order valence-corrected chi connectivity index (χ1v) is 7.92. The number of nitrogens with zero attached hydrogens (tertiary/aromatic N) is 2. The van der Waals surface area contributed by atoms with Gasteiger partial charge in [0.25, 0.3) is 0 Å². The van der Waals surface area contributed by atoms with Crippen molar-refractivity contribution in [1.82, 2.24) is 4.90 Å². The van der Waals surface area contributed by atoms with Gasteiger partial charge in [0.05, 0.1) is 6.04 Å². The Hall–Kier alpha value is -1.39. The summed E-state index contributed by atoms with van der Waals surface area (Å²) < 4.78 is 0. The lowest BCUT2D eigenvalue weighted by Crippen LogP contribution is -2.40. The average molecular weight is 288 g/mol. The Kier molecular flexibility index (Phi) is 4.27. The van der Waals surface area contributed by atoms with Crippen LogP contribution >= 0.6 is 0 Å². The van der Waals surface area contributed by atoms with E-state index >= 15 is 0 Å². The first-order chi connectivity index (χ1) is 10.2. The minimum Gasteiger partial charge on any atom is -0.396 e. The van der Waals surface area contributed by atoms with Crippen molar-refractivity contribution in [2.45, 2.75) is 32.2 Å². The summed E-state index contributed by atoms with van der Waals surface area (Å²) in [6.07, 6.45) is 2.88. The Morgan fingerprint density at radius 1 is 1.19 bits per heavy atom. The van der Waals surface area contributed by atoms with Gasteiger partial charge in [0.1, 0.15) is 0 Å². The van der Waals surface area contributed by atoms with Gasteiger partial charge in [-0.2, -0.15) is 0 Å². The Morgan fingerprint density at radius 3 is 2.67 bits per heavy atom. The van der Waals surface area contributed by atoms with Gasteiger partial charge in [0, 0.05) is 25.4 Å².